The van der Waals surface area contributed by atoms with E-state index in [0.717, 1.165) is 17.1 Å². The summed E-state index contributed by atoms with van der Waals surface area (Å²) in [4.78, 5) is 25.5. The Bertz CT molecular complexity index is 794. The van der Waals surface area contributed by atoms with Crippen molar-refractivity contribution in [2.75, 3.05) is 13.1 Å². The van der Waals surface area contributed by atoms with Crippen LogP contribution in [0.5, 0.6) is 0 Å². The summed E-state index contributed by atoms with van der Waals surface area (Å²) >= 11 is 0. The Morgan fingerprint density at radius 2 is 1.88 bits per heavy atom. The van der Waals surface area contributed by atoms with Gasteiger partial charge in [0.1, 0.15) is 0 Å². The van der Waals surface area contributed by atoms with Crippen molar-refractivity contribution in [3.05, 3.63) is 47.3 Å². The van der Waals surface area contributed by atoms with Gasteiger partial charge in [-0.3, -0.25) is 9.59 Å². The molecule has 0 bridgehead atoms. The molecule has 2 aromatic rings. The van der Waals surface area contributed by atoms with Crippen LogP contribution in [0.3, 0.4) is 0 Å². The summed E-state index contributed by atoms with van der Waals surface area (Å²) in [6.07, 6.45) is 0.484. The van der Waals surface area contributed by atoms with Crippen LogP contribution in [0.4, 0.5) is 0 Å². The second-order valence-corrected chi connectivity index (χ2v) is 6.73. The average Bonchev–Trinajstić information content (AvgIpc) is 3.10. The maximum atomic E-state index is 12.6. The molecule has 0 aliphatic carbocycles. The maximum Gasteiger partial charge on any atom is 0.311 e. The number of benzene rings is 1. The van der Waals surface area contributed by atoms with Gasteiger partial charge in [-0.15, -0.1) is 0 Å². The third-order valence-corrected chi connectivity index (χ3v) is 4.65. The van der Waals surface area contributed by atoms with E-state index in [1.165, 1.54) is 0 Å². The predicted molar refractivity (Wildman–Crippen MR) is 89.3 cm³/mol. The van der Waals surface area contributed by atoms with Crippen molar-refractivity contribution in [3.63, 3.8) is 0 Å². The third kappa shape index (κ3) is 2.79. The van der Waals surface area contributed by atoms with Crippen molar-refractivity contribution in [2.24, 2.45) is 5.41 Å². The summed E-state index contributed by atoms with van der Waals surface area (Å²) in [5.74, 6) is -0.974. The molecule has 0 radical (unpaired) electrons. The van der Waals surface area contributed by atoms with Crippen LogP contribution >= 0.6 is 0 Å². The highest BCUT2D eigenvalue weighted by molar-refractivity contribution is 5.95. The van der Waals surface area contributed by atoms with E-state index in [-0.39, 0.29) is 12.5 Å². The lowest BCUT2D eigenvalue weighted by atomic mass is 9.90. The van der Waals surface area contributed by atoms with E-state index in [0.29, 0.717) is 18.5 Å². The molecule has 3 rings (SSSR count). The molecule has 1 aliphatic rings. The van der Waals surface area contributed by atoms with Gasteiger partial charge >= 0.3 is 5.97 Å². The topological polar surface area (TPSA) is 75.4 Å². The van der Waals surface area contributed by atoms with Crippen LogP contribution in [-0.4, -0.2) is 44.8 Å². The molecule has 24 heavy (non-hydrogen) atoms. The molecule has 0 spiro atoms. The molecule has 1 N–H and O–H groups in total. The number of aromatic nitrogens is 2. The van der Waals surface area contributed by atoms with E-state index in [1.54, 1.807) is 24.0 Å². The van der Waals surface area contributed by atoms with Gasteiger partial charge in [0.05, 0.1) is 16.8 Å². The van der Waals surface area contributed by atoms with Gasteiger partial charge in [-0.1, -0.05) is 0 Å². The van der Waals surface area contributed by atoms with E-state index in [2.05, 4.69) is 5.10 Å². The van der Waals surface area contributed by atoms with Crippen LogP contribution in [0.25, 0.3) is 5.69 Å². The van der Waals surface area contributed by atoms with Crippen LogP contribution in [-0.2, 0) is 4.79 Å². The smallest absolute Gasteiger partial charge is 0.311 e. The van der Waals surface area contributed by atoms with Crippen molar-refractivity contribution in [3.8, 4) is 5.69 Å². The zero-order chi connectivity index (χ0) is 17.5. The molecule has 1 aromatic heterocycles. The minimum Gasteiger partial charge on any atom is -0.481 e. The number of rotatable bonds is 3. The van der Waals surface area contributed by atoms with Gasteiger partial charge < -0.3 is 10.0 Å². The molecule has 1 atom stereocenters. The molecule has 0 saturated carbocycles. The number of hydrogen-bond acceptors (Lipinski definition) is 3. The lowest BCUT2D eigenvalue weighted by Crippen LogP contribution is -2.34. The van der Waals surface area contributed by atoms with Crippen LogP contribution in [0.1, 0.15) is 35.1 Å². The lowest BCUT2D eigenvalue weighted by molar-refractivity contribution is -0.147. The molecule has 1 aliphatic heterocycles. The Morgan fingerprint density at radius 1 is 1.21 bits per heavy atom. The summed E-state index contributed by atoms with van der Waals surface area (Å²) in [5, 5.41) is 13.7. The molecule has 6 nitrogen and oxygen atoms in total. The molecule has 1 fully saturated rings. The molecular formula is C18H21N3O3. The predicted octanol–water partition coefficient (Wildman–Crippen LogP) is 2.43. The number of aryl methyl sites for hydroxylation is 2. The number of hydrogen-bond donors (Lipinski definition) is 1. The van der Waals surface area contributed by atoms with Gasteiger partial charge in [0.15, 0.2) is 0 Å². The van der Waals surface area contributed by atoms with Gasteiger partial charge in [-0.2, -0.15) is 5.10 Å². The zero-order valence-electron chi connectivity index (χ0n) is 14.1. The number of carbonyl (C=O) groups excluding carboxylic acids is 1. The second-order valence-electron chi connectivity index (χ2n) is 6.73. The SMILES string of the molecule is Cc1cc(C)n(-c2ccc(C(=O)N3CCC(C)(C(=O)O)C3)cc2)n1. The minimum atomic E-state index is -0.849. The minimum absolute atomic E-state index is 0.125. The first-order valence-corrected chi connectivity index (χ1v) is 7.96. The molecule has 1 saturated heterocycles. The highest BCUT2D eigenvalue weighted by atomic mass is 16.4. The van der Waals surface area contributed by atoms with Crippen molar-refractivity contribution < 1.29 is 14.7 Å². The van der Waals surface area contributed by atoms with Crippen LogP contribution in [0.15, 0.2) is 30.3 Å². The van der Waals surface area contributed by atoms with Gasteiger partial charge in [0, 0.05) is 24.3 Å². The van der Waals surface area contributed by atoms with Gasteiger partial charge in [0.2, 0.25) is 0 Å². The van der Waals surface area contributed by atoms with Crippen molar-refractivity contribution in [1.29, 1.82) is 0 Å². The van der Waals surface area contributed by atoms with E-state index in [1.807, 2.05) is 36.7 Å². The number of likely N-dealkylation sites (tertiary alicyclic amines) is 1. The molecule has 1 amide bonds. The van der Waals surface area contributed by atoms with E-state index < -0.39 is 11.4 Å². The highest BCUT2D eigenvalue weighted by Crippen LogP contribution is 2.31. The Balaban J connectivity index is 1.78. The zero-order valence-corrected chi connectivity index (χ0v) is 14.1. The van der Waals surface area contributed by atoms with Crippen LogP contribution in [0, 0.1) is 19.3 Å². The number of amides is 1. The summed E-state index contributed by atoms with van der Waals surface area (Å²) in [6.45, 7) is 6.33. The van der Waals surface area contributed by atoms with Crippen molar-refractivity contribution >= 4 is 11.9 Å². The monoisotopic (exact) mass is 327 g/mol. The fourth-order valence-electron chi connectivity index (χ4n) is 3.13. The first-order valence-electron chi connectivity index (χ1n) is 7.96. The normalized spacial score (nSPS) is 20.4. The van der Waals surface area contributed by atoms with Crippen LogP contribution < -0.4 is 0 Å². The van der Waals surface area contributed by atoms with Crippen molar-refractivity contribution in [1.82, 2.24) is 14.7 Å². The van der Waals surface area contributed by atoms with Gasteiger partial charge in [-0.05, 0) is 57.5 Å². The first-order chi connectivity index (χ1) is 11.3. The van der Waals surface area contributed by atoms with E-state index >= 15 is 0 Å². The molecule has 6 heteroatoms. The van der Waals surface area contributed by atoms with Gasteiger partial charge in [-0.25, -0.2) is 4.68 Å². The number of carbonyl (C=O) groups is 2. The van der Waals surface area contributed by atoms with E-state index in [4.69, 9.17) is 0 Å². The average molecular weight is 327 g/mol. The summed E-state index contributed by atoms with van der Waals surface area (Å²) in [6, 6.07) is 9.25. The van der Waals surface area contributed by atoms with Crippen molar-refractivity contribution in [2.45, 2.75) is 27.2 Å². The lowest BCUT2D eigenvalue weighted by Gasteiger charge is -2.20. The number of carboxylic acids is 1. The largest absolute Gasteiger partial charge is 0.481 e. The van der Waals surface area contributed by atoms with Crippen LogP contribution in [0.2, 0.25) is 0 Å². The van der Waals surface area contributed by atoms with Gasteiger partial charge in [0.25, 0.3) is 5.91 Å². The molecule has 1 aromatic carbocycles. The number of carboxylic acid groups (broad SMARTS) is 1. The Morgan fingerprint density at radius 3 is 2.38 bits per heavy atom. The standard InChI is InChI=1S/C18H21N3O3/c1-12-10-13(2)21(19-12)15-6-4-14(5-7-15)16(22)20-9-8-18(3,11-20)17(23)24/h4-7,10H,8-9,11H2,1-3H3,(H,23,24). The molecule has 2 heterocycles. The molecule has 1 unspecified atom stereocenters. The summed E-state index contributed by atoms with van der Waals surface area (Å²) in [7, 11) is 0. The summed E-state index contributed by atoms with van der Waals surface area (Å²) < 4.78 is 1.83. The molecule has 126 valence electrons. The Hall–Kier alpha value is -2.63. The maximum absolute atomic E-state index is 12.6. The van der Waals surface area contributed by atoms with E-state index in [9.17, 15) is 14.7 Å². The molecular weight excluding hydrogens is 306 g/mol. The second kappa shape index (κ2) is 5.78. The number of aliphatic carboxylic acids is 1. The third-order valence-electron chi connectivity index (χ3n) is 4.65. The highest BCUT2D eigenvalue weighted by Gasteiger charge is 2.42. The Labute approximate surface area is 140 Å². The summed E-state index contributed by atoms with van der Waals surface area (Å²) in [5.41, 5.74) is 2.59. The fourth-order valence-corrected chi connectivity index (χ4v) is 3.13. The number of nitrogens with zero attached hydrogens (tertiary/aromatic N) is 3. The first kappa shape index (κ1) is 16.2. The Kier molecular flexibility index (Phi) is 3.91. The quantitative estimate of drug-likeness (QED) is 0.939. The fraction of sp³-hybridized carbons (Fsp3) is 0.389.